The van der Waals surface area contributed by atoms with Crippen LogP contribution in [0.15, 0.2) is 36.5 Å². The van der Waals surface area contributed by atoms with E-state index < -0.39 is 12.1 Å². The molecule has 8 nitrogen and oxygen atoms in total. The van der Waals surface area contributed by atoms with Crippen molar-refractivity contribution >= 4 is 11.9 Å². The first kappa shape index (κ1) is 21.3. The van der Waals surface area contributed by atoms with Crippen LogP contribution in [0.25, 0.3) is 22.5 Å². The summed E-state index contributed by atoms with van der Waals surface area (Å²) in [5.41, 5.74) is 6.62. The van der Waals surface area contributed by atoms with E-state index in [0.717, 1.165) is 46.5 Å². The van der Waals surface area contributed by atoms with Crippen LogP contribution < -0.4 is 5.32 Å². The standard InChI is InChI=1S/C19H16N4O2.C2HF3O2/c24-13-4-1-11(2-5-13)16-9-15-12(10-21-16)3-6-14-17(15)22-23-8-7-20-19(25)18(14)23;3-2(4,5)1(6)7/h1-2,4-5,9-10,24H,3,6-8H2,(H,20,25);(H,6,7). The smallest absolute Gasteiger partial charge is 0.490 e. The molecule has 2 aromatic heterocycles. The maximum Gasteiger partial charge on any atom is 0.490 e. The summed E-state index contributed by atoms with van der Waals surface area (Å²) >= 11 is 0. The topological polar surface area (TPSA) is 117 Å². The molecule has 3 N–H and O–H groups in total. The molecule has 0 fully saturated rings. The molecule has 3 aromatic rings. The van der Waals surface area contributed by atoms with Crippen LogP contribution in [-0.4, -0.2) is 49.6 Å². The van der Waals surface area contributed by atoms with Crippen LogP contribution >= 0.6 is 0 Å². The van der Waals surface area contributed by atoms with Crippen LogP contribution in [0.1, 0.15) is 21.6 Å². The third-order valence-electron chi connectivity index (χ3n) is 5.17. The number of carboxylic acids is 1. The number of aryl methyl sites for hydroxylation is 1. The minimum Gasteiger partial charge on any atom is -0.508 e. The number of aromatic hydroxyl groups is 1. The fraction of sp³-hybridized carbons (Fsp3) is 0.238. The number of hydrogen-bond donors (Lipinski definition) is 3. The minimum atomic E-state index is -5.08. The lowest BCUT2D eigenvalue weighted by molar-refractivity contribution is -0.192. The van der Waals surface area contributed by atoms with E-state index in [-0.39, 0.29) is 11.7 Å². The number of carbonyl (C=O) groups is 2. The lowest BCUT2D eigenvalue weighted by Crippen LogP contribution is -2.36. The number of aromatic nitrogens is 3. The predicted octanol–water partition coefficient (Wildman–Crippen LogP) is 2.79. The molecular formula is C21H17F3N4O4. The van der Waals surface area contributed by atoms with Gasteiger partial charge in [-0.3, -0.25) is 14.5 Å². The second kappa shape index (κ2) is 7.98. The average Bonchev–Trinajstić information content (AvgIpc) is 3.14. The third kappa shape index (κ3) is 4.01. The molecule has 0 saturated carbocycles. The fourth-order valence-electron chi connectivity index (χ4n) is 3.68. The first-order valence-electron chi connectivity index (χ1n) is 9.62. The van der Waals surface area contributed by atoms with Gasteiger partial charge in [-0.2, -0.15) is 18.3 Å². The summed E-state index contributed by atoms with van der Waals surface area (Å²) in [5, 5.41) is 24.2. The second-order valence-corrected chi connectivity index (χ2v) is 7.23. The van der Waals surface area contributed by atoms with Crippen molar-refractivity contribution in [2.24, 2.45) is 0 Å². The summed E-state index contributed by atoms with van der Waals surface area (Å²) in [6, 6.07) is 9.04. The highest BCUT2D eigenvalue weighted by atomic mass is 19.4. The summed E-state index contributed by atoms with van der Waals surface area (Å²) in [5.74, 6) is -2.56. The van der Waals surface area contributed by atoms with Gasteiger partial charge in [-0.15, -0.1) is 0 Å². The van der Waals surface area contributed by atoms with E-state index in [0.29, 0.717) is 18.8 Å². The predicted molar refractivity (Wildman–Crippen MR) is 106 cm³/mol. The van der Waals surface area contributed by atoms with Gasteiger partial charge in [0, 0.05) is 29.4 Å². The average molecular weight is 446 g/mol. The lowest BCUT2D eigenvalue weighted by atomic mass is 9.89. The molecule has 11 heteroatoms. The minimum absolute atomic E-state index is 0.0312. The maximum absolute atomic E-state index is 12.2. The van der Waals surface area contributed by atoms with E-state index in [1.165, 1.54) is 0 Å². The number of phenols is 1. The quantitative estimate of drug-likeness (QED) is 0.529. The van der Waals surface area contributed by atoms with Crippen molar-refractivity contribution in [1.82, 2.24) is 20.1 Å². The van der Waals surface area contributed by atoms with E-state index in [1.807, 2.05) is 29.1 Å². The summed E-state index contributed by atoms with van der Waals surface area (Å²) in [4.78, 5) is 25.7. The maximum atomic E-state index is 12.2. The summed E-state index contributed by atoms with van der Waals surface area (Å²) in [6.07, 6.45) is -1.51. The van der Waals surface area contributed by atoms with Gasteiger partial charge in [0.25, 0.3) is 5.91 Å². The van der Waals surface area contributed by atoms with Crippen LogP contribution in [0.4, 0.5) is 13.2 Å². The molecule has 0 bridgehead atoms. The lowest BCUT2D eigenvalue weighted by Gasteiger charge is -2.18. The van der Waals surface area contributed by atoms with Crippen molar-refractivity contribution in [3.63, 3.8) is 0 Å². The third-order valence-corrected chi connectivity index (χ3v) is 5.17. The Kier molecular flexibility index (Phi) is 5.33. The summed E-state index contributed by atoms with van der Waals surface area (Å²) < 4.78 is 33.6. The molecular weight excluding hydrogens is 429 g/mol. The Hall–Kier alpha value is -3.89. The molecule has 3 heterocycles. The molecule has 0 atom stereocenters. The molecule has 1 amide bonds. The van der Waals surface area contributed by atoms with Crippen molar-refractivity contribution in [3.05, 3.63) is 53.3 Å². The van der Waals surface area contributed by atoms with Crippen molar-refractivity contribution in [3.8, 4) is 28.3 Å². The molecule has 0 radical (unpaired) electrons. The summed E-state index contributed by atoms with van der Waals surface area (Å²) in [7, 11) is 0. The van der Waals surface area contributed by atoms with Crippen LogP contribution in [0.2, 0.25) is 0 Å². The molecule has 166 valence electrons. The van der Waals surface area contributed by atoms with Gasteiger partial charge in [0.05, 0.1) is 17.9 Å². The molecule has 0 saturated heterocycles. The SMILES string of the molecule is O=C(O)C(F)(F)F.O=C1NCCn2nc3c(c21)CCc1cnc(-c2ccc(O)cc2)cc1-3. The monoisotopic (exact) mass is 446 g/mol. The Balaban J connectivity index is 0.000000307. The number of carbonyl (C=O) groups excluding carboxylic acids is 1. The number of pyridine rings is 1. The Bertz CT molecular complexity index is 1200. The molecule has 2 aliphatic rings. The van der Waals surface area contributed by atoms with E-state index in [4.69, 9.17) is 15.0 Å². The van der Waals surface area contributed by atoms with Crippen molar-refractivity contribution in [1.29, 1.82) is 0 Å². The zero-order valence-electron chi connectivity index (χ0n) is 16.5. The number of hydrogen-bond acceptors (Lipinski definition) is 5. The highest BCUT2D eigenvalue weighted by Crippen LogP contribution is 2.36. The van der Waals surface area contributed by atoms with Gasteiger partial charge < -0.3 is 15.5 Å². The van der Waals surface area contributed by atoms with E-state index in [9.17, 15) is 23.1 Å². The van der Waals surface area contributed by atoms with Crippen molar-refractivity contribution < 1.29 is 33.0 Å². The Morgan fingerprint density at radius 3 is 2.50 bits per heavy atom. The van der Waals surface area contributed by atoms with E-state index in [2.05, 4.69) is 10.3 Å². The number of fused-ring (bicyclic) bond motifs is 5. The molecule has 0 spiro atoms. The van der Waals surface area contributed by atoms with Crippen LogP contribution in [0.3, 0.4) is 0 Å². The number of alkyl halides is 3. The van der Waals surface area contributed by atoms with E-state index in [1.54, 1.807) is 12.1 Å². The Morgan fingerprint density at radius 2 is 1.84 bits per heavy atom. The van der Waals surface area contributed by atoms with Crippen LogP contribution in [0, 0.1) is 0 Å². The number of aliphatic carboxylic acids is 1. The highest BCUT2D eigenvalue weighted by molar-refractivity contribution is 5.97. The normalized spacial score (nSPS) is 14.3. The molecule has 1 aliphatic carbocycles. The van der Waals surface area contributed by atoms with Gasteiger partial charge >= 0.3 is 12.1 Å². The first-order valence-corrected chi connectivity index (χ1v) is 9.62. The second-order valence-electron chi connectivity index (χ2n) is 7.23. The molecule has 0 unspecified atom stereocenters. The van der Waals surface area contributed by atoms with Gasteiger partial charge in [0.15, 0.2) is 0 Å². The fourth-order valence-corrected chi connectivity index (χ4v) is 3.68. The molecule has 5 rings (SSSR count). The zero-order chi connectivity index (χ0) is 23.0. The molecule has 32 heavy (non-hydrogen) atoms. The zero-order valence-corrected chi connectivity index (χ0v) is 16.5. The van der Waals surface area contributed by atoms with Gasteiger partial charge in [0.2, 0.25) is 0 Å². The van der Waals surface area contributed by atoms with E-state index >= 15 is 0 Å². The van der Waals surface area contributed by atoms with Gasteiger partial charge in [-0.05, 0) is 48.7 Å². The highest BCUT2D eigenvalue weighted by Gasteiger charge is 2.38. The number of nitrogens with one attached hydrogen (secondary N) is 1. The number of phenolic OH excluding ortho intramolecular Hbond substituents is 1. The number of nitrogens with zero attached hydrogens (tertiary/aromatic N) is 3. The molecule has 1 aromatic carbocycles. The first-order chi connectivity index (χ1) is 15.1. The van der Waals surface area contributed by atoms with Gasteiger partial charge in [-0.1, -0.05) is 0 Å². The van der Waals surface area contributed by atoms with Crippen LogP contribution in [0.5, 0.6) is 5.75 Å². The number of rotatable bonds is 1. The number of benzene rings is 1. The number of amides is 1. The Labute approximate surface area is 179 Å². The number of halogens is 3. The van der Waals surface area contributed by atoms with Gasteiger partial charge in [0.1, 0.15) is 11.4 Å². The van der Waals surface area contributed by atoms with Crippen molar-refractivity contribution in [2.75, 3.05) is 6.54 Å². The Morgan fingerprint density at radius 1 is 1.16 bits per heavy atom. The van der Waals surface area contributed by atoms with Crippen LogP contribution in [-0.2, 0) is 24.2 Å². The van der Waals surface area contributed by atoms with Gasteiger partial charge in [-0.25, -0.2) is 4.79 Å². The summed E-state index contributed by atoms with van der Waals surface area (Å²) in [6.45, 7) is 1.33. The molecule has 1 aliphatic heterocycles. The largest absolute Gasteiger partial charge is 0.508 e. The van der Waals surface area contributed by atoms with Crippen molar-refractivity contribution in [2.45, 2.75) is 25.6 Å². The number of carboxylic acid groups (broad SMARTS) is 1.